The van der Waals surface area contributed by atoms with E-state index < -0.39 is 10.5 Å². The summed E-state index contributed by atoms with van der Waals surface area (Å²) in [7, 11) is 0. The third kappa shape index (κ3) is 2.45. The molecule has 0 atom stereocenters. The Morgan fingerprint density at radius 3 is 2.78 bits per heavy atom. The molecule has 0 radical (unpaired) electrons. The number of non-ortho nitro benzene ring substituents is 1. The van der Waals surface area contributed by atoms with Gasteiger partial charge in [0.05, 0.1) is 11.2 Å². The molecule has 0 saturated heterocycles. The monoisotopic (exact) mass is 245 g/mol. The molecule has 0 N–H and O–H groups in total. The van der Waals surface area contributed by atoms with Crippen LogP contribution in [0.1, 0.15) is 16.7 Å². The van der Waals surface area contributed by atoms with Crippen LogP contribution < -0.4 is 5.63 Å². The number of hydrogen-bond acceptors (Lipinski definition) is 4. The summed E-state index contributed by atoms with van der Waals surface area (Å²) in [5, 5.41) is 10.7. The van der Waals surface area contributed by atoms with E-state index in [4.69, 9.17) is 4.42 Å². The van der Waals surface area contributed by atoms with E-state index in [-0.39, 0.29) is 5.69 Å². The van der Waals surface area contributed by atoms with Crippen LogP contribution in [0.2, 0.25) is 0 Å². The summed E-state index contributed by atoms with van der Waals surface area (Å²) in [5.41, 5.74) is 1.67. The van der Waals surface area contributed by atoms with E-state index in [0.29, 0.717) is 17.5 Å². The maximum absolute atomic E-state index is 11.6. The first-order valence-electron chi connectivity index (χ1n) is 5.38. The number of nitrogens with zero attached hydrogens (tertiary/aromatic N) is 1. The lowest BCUT2D eigenvalue weighted by Gasteiger charge is -2.03. The van der Waals surface area contributed by atoms with E-state index in [1.54, 1.807) is 18.2 Å². The van der Waals surface area contributed by atoms with Crippen LogP contribution in [0, 0.1) is 17.0 Å². The van der Waals surface area contributed by atoms with Crippen molar-refractivity contribution in [3.05, 3.63) is 73.8 Å². The highest BCUT2D eigenvalue weighted by Gasteiger charge is 2.10. The summed E-state index contributed by atoms with van der Waals surface area (Å²) in [6.45, 7) is 1.81. The molecule has 0 saturated carbocycles. The van der Waals surface area contributed by atoms with Gasteiger partial charge in [-0.2, -0.15) is 0 Å². The number of nitro groups is 1. The first kappa shape index (κ1) is 12.0. The highest BCUT2D eigenvalue weighted by atomic mass is 16.6. The lowest BCUT2D eigenvalue weighted by Crippen LogP contribution is -2.09. The highest BCUT2D eigenvalue weighted by Crippen LogP contribution is 2.16. The van der Waals surface area contributed by atoms with Crippen molar-refractivity contribution >= 4 is 5.69 Å². The third-order valence-corrected chi connectivity index (χ3v) is 2.72. The molecular formula is C13H11NO4. The Morgan fingerprint density at radius 2 is 2.11 bits per heavy atom. The SMILES string of the molecule is Cc1ccoc(=O)c1Cc1cccc([N+](=O)[O-])c1. The predicted molar refractivity (Wildman–Crippen MR) is 65.6 cm³/mol. The molecule has 0 fully saturated rings. The number of benzene rings is 1. The molecule has 92 valence electrons. The second-order valence-corrected chi connectivity index (χ2v) is 3.97. The number of rotatable bonds is 3. The Balaban J connectivity index is 2.37. The molecule has 0 aliphatic carbocycles. The fourth-order valence-corrected chi connectivity index (χ4v) is 1.73. The van der Waals surface area contributed by atoms with Crippen LogP contribution in [-0.2, 0) is 6.42 Å². The molecule has 0 amide bonds. The van der Waals surface area contributed by atoms with Gasteiger partial charge < -0.3 is 4.42 Å². The molecule has 0 bridgehead atoms. The van der Waals surface area contributed by atoms with Gasteiger partial charge in [-0.1, -0.05) is 12.1 Å². The van der Waals surface area contributed by atoms with Crippen molar-refractivity contribution in [3.8, 4) is 0 Å². The Morgan fingerprint density at radius 1 is 1.33 bits per heavy atom. The van der Waals surface area contributed by atoms with Gasteiger partial charge in [0.2, 0.25) is 0 Å². The van der Waals surface area contributed by atoms with Gasteiger partial charge in [-0.3, -0.25) is 10.1 Å². The zero-order valence-electron chi connectivity index (χ0n) is 9.75. The fraction of sp³-hybridized carbons (Fsp3) is 0.154. The lowest BCUT2D eigenvalue weighted by molar-refractivity contribution is -0.384. The van der Waals surface area contributed by atoms with Gasteiger partial charge in [0, 0.05) is 24.1 Å². The van der Waals surface area contributed by atoms with Crippen molar-refractivity contribution in [3.63, 3.8) is 0 Å². The molecule has 2 rings (SSSR count). The summed E-state index contributed by atoms with van der Waals surface area (Å²) < 4.78 is 4.80. The number of hydrogen-bond donors (Lipinski definition) is 0. The molecule has 2 aromatic rings. The van der Waals surface area contributed by atoms with Crippen LogP contribution in [0.5, 0.6) is 0 Å². The molecule has 5 nitrogen and oxygen atoms in total. The molecule has 1 heterocycles. The topological polar surface area (TPSA) is 73.3 Å². The molecule has 18 heavy (non-hydrogen) atoms. The van der Waals surface area contributed by atoms with Crippen LogP contribution in [0.3, 0.4) is 0 Å². The van der Waals surface area contributed by atoms with Crippen LogP contribution >= 0.6 is 0 Å². The van der Waals surface area contributed by atoms with Crippen molar-refractivity contribution in [1.82, 2.24) is 0 Å². The zero-order valence-corrected chi connectivity index (χ0v) is 9.75. The fourth-order valence-electron chi connectivity index (χ4n) is 1.73. The largest absolute Gasteiger partial charge is 0.431 e. The van der Waals surface area contributed by atoms with E-state index in [9.17, 15) is 14.9 Å². The van der Waals surface area contributed by atoms with Gasteiger partial charge in [-0.05, 0) is 24.1 Å². The Kier molecular flexibility index (Phi) is 3.23. The summed E-state index contributed by atoms with van der Waals surface area (Å²) in [5.74, 6) is 0. The molecule has 1 aromatic carbocycles. The number of aryl methyl sites for hydroxylation is 1. The normalized spacial score (nSPS) is 10.3. The van der Waals surface area contributed by atoms with Crippen molar-refractivity contribution in [2.75, 3.05) is 0 Å². The molecule has 0 unspecified atom stereocenters. The molecule has 0 aliphatic rings. The first-order valence-corrected chi connectivity index (χ1v) is 5.38. The maximum Gasteiger partial charge on any atom is 0.339 e. The van der Waals surface area contributed by atoms with Crippen LogP contribution in [0.15, 0.2) is 45.8 Å². The van der Waals surface area contributed by atoms with Crippen molar-refractivity contribution in [2.45, 2.75) is 13.3 Å². The smallest absolute Gasteiger partial charge is 0.339 e. The summed E-state index contributed by atoms with van der Waals surface area (Å²) in [6.07, 6.45) is 1.67. The van der Waals surface area contributed by atoms with Gasteiger partial charge in [0.25, 0.3) is 5.69 Å². The van der Waals surface area contributed by atoms with Crippen molar-refractivity contribution in [2.24, 2.45) is 0 Å². The summed E-state index contributed by atoms with van der Waals surface area (Å²) in [6, 6.07) is 7.94. The van der Waals surface area contributed by atoms with Gasteiger partial charge in [-0.15, -0.1) is 0 Å². The van der Waals surface area contributed by atoms with E-state index in [0.717, 1.165) is 5.56 Å². The van der Waals surface area contributed by atoms with Gasteiger partial charge in [0.15, 0.2) is 0 Å². The third-order valence-electron chi connectivity index (χ3n) is 2.72. The lowest BCUT2D eigenvalue weighted by atomic mass is 10.0. The van der Waals surface area contributed by atoms with Gasteiger partial charge in [-0.25, -0.2) is 4.79 Å². The Hall–Kier alpha value is -2.43. The van der Waals surface area contributed by atoms with Crippen LogP contribution in [0.25, 0.3) is 0 Å². The average Bonchev–Trinajstić information content (AvgIpc) is 2.34. The second kappa shape index (κ2) is 4.83. The minimum absolute atomic E-state index is 0.0190. The second-order valence-electron chi connectivity index (χ2n) is 3.97. The highest BCUT2D eigenvalue weighted by molar-refractivity contribution is 5.37. The zero-order chi connectivity index (χ0) is 13.1. The van der Waals surface area contributed by atoms with Gasteiger partial charge in [0.1, 0.15) is 0 Å². The van der Waals surface area contributed by atoms with Crippen molar-refractivity contribution in [1.29, 1.82) is 0 Å². The Labute approximate surface area is 103 Å². The molecular weight excluding hydrogens is 234 g/mol. The summed E-state index contributed by atoms with van der Waals surface area (Å²) >= 11 is 0. The predicted octanol–water partition coefficient (Wildman–Crippen LogP) is 2.45. The maximum atomic E-state index is 11.6. The van der Waals surface area contributed by atoms with E-state index in [2.05, 4.69) is 0 Å². The van der Waals surface area contributed by atoms with E-state index >= 15 is 0 Å². The minimum atomic E-state index is -0.455. The van der Waals surface area contributed by atoms with E-state index in [1.807, 2.05) is 6.92 Å². The van der Waals surface area contributed by atoms with E-state index in [1.165, 1.54) is 18.4 Å². The molecule has 0 aliphatic heterocycles. The minimum Gasteiger partial charge on any atom is -0.431 e. The Bertz CT molecular complexity index is 645. The first-order chi connectivity index (χ1) is 8.58. The number of nitro benzene ring substituents is 1. The van der Waals surface area contributed by atoms with Crippen LogP contribution in [0.4, 0.5) is 5.69 Å². The standard InChI is InChI=1S/C13H11NO4/c1-9-5-6-18-13(15)12(9)8-10-3-2-4-11(7-10)14(16)17/h2-7H,8H2,1H3. The quantitative estimate of drug-likeness (QED) is 0.615. The van der Waals surface area contributed by atoms with Gasteiger partial charge >= 0.3 is 5.63 Å². The molecule has 5 heteroatoms. The average molecular weight is 245 g/mol. The van der Waals surface area contributed by atoms with Crippen LogP contribution in [-0.4, -0.2) is 4.92 Å². The summed E-state index contributed by atoms with van der Waals surface area (Å²) in [4.78, 5) is 21.8. The molecule has 1 aromatic heterocycles. The van der Waals surface area contributed by atoms with Crippen molar-refractivity contribution < 1.29 is 9.34 Å². The molecule has 0 spiro atoms.